The van der Waals surface area contributed by atoms with Crippen LogP contribution in [-0.4, -0.2) is 40.2 Å². The molecule has 3 N–H and O–H groups in total. The van der Waals surface area contributed by atoms with Crippen LogP contribution in [0.3, 0.4) is 0 Å². The first kappa shape index (κ1) is 15.7. The Morgan fingerprint density at radius 1 is 1.17 bits per heavy atom. The maximum Gasteiger partial charge on any atom is 0.0969 e. The molecular weight excluding hydrogens is 304 g/mol. The lowest BCUT2D eigenvalue weighted by Crippen LogP contribution is -2.61. The van der Waals surface area contributed by atoms with Crippen molar-refractivity contribution >= 4 is 0 Å². The summed E-state index contributed by atoms with van der Waals surface area (Å²) in [6.45, 7) is 5.27. The number of rotatable bonds is 1. The fourth-order valence-electron chi connectivity index (χ4n) is 7.92. The van der Waals surface area contributed by atoms with E-state index in [-0.39, 0.29) is 28.8 Å². The van der Waals surface area contributed by atoms with Crippen LogP contribution in [-0.2, 0) is 4.74 Å². The Bertz CT molecular complexity index is 629. The zero-order valence-corrected chi connectivity index (χ0v) is 14.8. The quantitative estimate of drug-likeness (QED) is 0.688. The van der Waals surface area contributed by atoms with E-state index in [4.69, 9.17) is 4.74 Å². The molecule has 24 heavy (non-hydrogen) atoms. The van der Waals surface area contributed by atoms with E-state index in [1.807, 2.05) is 0 Å². The molecule has 0 aromatic rings. The van der Waals surface area contributed by atoms with E-state index >= 15 is 0 Å². The van der Waals surface area contributed by atoms with Crippen molar-refractivity contribution < 1.29 is 20.1 Å². The average Bonchev–Trinajstić information content (AvgIpc) is 3.06. The predicted molar refractivity (Wildman–Crippen MR) is 89.0 cm³/mol. The number of hydrogen-bond donors (Lipinski definition) is 3. The number of allylic oxidation sites excluding steroid dienone is 1. The van der Waals surface area contributed by atoms with Gasteiger partial charge in [0, 0.05) is 29.1 Å². The fourth-order valence-corrected chi connectivity index (χ4v) is 7.92. The normalized spacial score (nSPS) is 58.3. The first-order valence-electron chi connectivity index (χ1n) is 9.67. The zero-order valence-electron chi connectivity index (χ0n) is 14.8. The number of ether oxygens (including phenoxy) is 1. The molecular formula is C20H30O4. The molecule has 2 bridgehead atoms. The van der Waals surface area contributed by atoms with Gasteiger partial charge in [0.05, 0.1) is 30.7 Å². The Morgan fingerprint density at radius 3 is 2.71 bits per heavy atom. The van der Waals surface area contributed by atoms with E-state index in [0.29, 0.717) is 12.3 Å². The Hall–Kier alpha value is -0.580. The maximum atomic E-state index is 11.3. The van der Waals surface area contributed by atoms with Crippen LogP contribution in [0.1, 0.15) is 58.8 Å². The maximum absolute atomic E-state index is 11.3. The van der Waals surface area contributed by atoms with E-state index in [2.05, 4.69) is 13.8 Å². The Labute approximate surface area is 143 Å². The molecule has 7 atom stereocenters. The van der Waals surface area contributed by atoms with Crippen LogP contribution < -0.4 is 0 Å². The van der Waals surface area contributed by atoms with Gasteiger partial charge in [0.2, 0.25) is 0 Å². The minimum atomic E-state index is -1.11. The standard InChI is InChI=1S/C20H30O4/c1-17-4-3-5-18(2)16(17)14(24-11-17)7-12-6-13-8-20(12,18)15(22)9-19(13,23)10-21/h12-13,15,21-23H,3-11H2,1-2H3. The van der Waals surface area contributed by atoms with E-state index in [0.717, 1.165) is 32.3 Å². The summed E-state index contributed by atoms with van der Waals surface area (Å²) in [5.74, 6) is 1.66. The van der Waals surface area contributed by atoms with Gasteiger partial charge in [0.1, 0.15) is 0 Å². The second kappa shape index (κ2) is 4.39. The van der Waals surface area contributed by atoms with Crippen molar-refractivity contribution in [1.82, 2.24) is 0 Å². The van der Waals surface area contributed by atoms with Crippen molar-refractivity contribution in [3.8, 4) is 0 Å². The SMILES string of the molecule is CC12CCCC3(C)C1=C(CC1CC4CC13C(O)CC4(O)CO)OC2. The van der Waals surface area contributed by atoms with Gasteiger partial charge in [-0.2, -0.15) is 0 Å². The van der Waals surface area contributed by atoms with Gasteiger partial charge in [-0.05, 0) is 43.1 Å². The molecule has 4 aliphatic carbocycles. The number of hydrogen-bond acceptors (Lipinski definition) is 4. The molecule has 0 radical (unpaired) electrons. The third-order valence-electron chi connectivity index (χ3n) is 8.92. The second-order valence-electron chi connectivity index (χ2n) is 9.89. The van der Waals surface area contributed by atoms with Gasteiger partial charge < -0.3 is 20.1 Å². The summed E-state index contributed by atoms with van der Waals surface area (Å²) in [6, 6.07) is 0. The minimum Gasteiger partial charge on any atom is -0.497 e. The zero-order chi connectivity index (χ0) is 17.0. The fraction of sp³-hybridized carbons (Fsp3) is 0.900. The summed E-state index contributed by atoms with van der Waals surface area (Å²) in [4.78, 5) is 0. The lowest BCUT2D eigenvalue weighted by atomic mass is 9.42. The van der Waals surface area contributed by atoms with E-state index in [9.17, 15) is 15.3 Å². The molecule has 7 unspecified atom stereocenters. The minimum absolute atomic E-state index is 0.0281. The highest BCUT2D eigenvalue weighted by Gasteiger charge is 2.72. The van der Waals surface area contributed by atoms with Crippen LogP contribution in [0.4, 0.5) is 0 Å². The highest BCUT2D eigenvalue weighted by Crippen LogP contribution is 2.76. The van der Waals surface area contributed by atoms with Gasteiger partial charge in [0.15, 0.2) is 0 Å². The van der Waals surface area contributed by atoms with Crippen molar-refractivity contribution in [2.45, 2.75) is 70.5 Å². The summed E-state index contributed by atoms with van der Waals surface area (Å²) in [5, 5.41) is 31.9. The van der Waals surface area contributed by atoms with E-state index < -0.39 is 11.7 Å². The summed E-state index contributed by atoms with van der Waals surface area (Å²) < 4.78 is 6.19. The van der Waals surface area contributed by atoms with Crippen molar-refractivity contribution in [2.75, 3.05) is 13.2 Å². The molecule has 0 amide bonds. The molecule has 3 saturated carbocycles. The van der Waals surface area contributed by atoms with Crippen LogP contribution in [0.25, 0.3) is 0 Å². The molecule has 5 rings (SSSR count). The van der Waals surface area contributed by atoms with Crippen molar-refractivity contribution in [3.05, 3.63) is 11.3 Å². The predicted octanol–water partition coefficient (Wildman–Crippen LogP) is 2.37. The summed E-state index contributed by atoms with van der Waals surface area (Å²) in [5.41, 5.74) is 0.339. The lowest BCUT2D eigenvalue weighted by molar-refractivity contribution is -0.179. The Balaban J connectivity index is 1.67. The largest absolute Gasteiger partial charge is 0.497 e. The van der Waals surface area contributed by atoms with Crippen LogP contribution in [0.15, 0.2) is 11.3 Å². The third-order valence-corrected chi connectivity index (χ3v) is 8.92. The number of aliphatic hydroxyl groups is 3. The molecule has 0 saturated heterocycles. The molecule has 0 aromatic carbocycles. The van der Waals surface area contributed by atoms with Crippen LogP contribution in [0.5, 0.6) is 0 Å². The van der Waals surface area contributed by atoms with E-state index in [1.54, 1.807) is 0 Å². The molecule has 1 spiro atoms. The highest BCUT2D eigenvalue weighted by molar-refractivity contribution is 5.40. The third kappa shape index (κ3) is 1.49. The van der Waals surface area contributed by atoms with Crippen molar-refractivity contribution in [3.63, 3.8) is 0 Å². The summed E-state index contributed by atoms with van der Waals surface area (Å²) in [6.07, 6.45) is 5.92. The van der Waals surface area contributed by atoms with Crippen LogP contribution in [0.2, 0.25) is 0 Å². The second-order valence-corrected chi connectivity index (χ2v) is 9.89. The van der Waals surface area contributed by atoms with Crippen molar-refractivity contribution in [2.24, 2.45) is 28.1 Å². The summed E-state index contributed by atoms with van der Waals surface area (Å²) in [7, 11) is 0. The Kier molecular flexibility index (Phi) is 2.86. The first-order valence-corrected chi connectivity index (χ1v) is 9.67. The number of fused-ring (bicyclic) bond motifs is 1. The van der Waals surface area contributed by atoms with Gasteiger partial charge in [-0.25, -0.2) is 0 Å². The molecule has 0 aromatic heterocycles. The highest BCUT2D eigenvalue weighted by atomic mass is 16.5. The Morgan fingerprint density at radius 2 is 1.96 bits per heavy atom. The molecule has 3 fully saturated rings. The molecule has 1 aliphatic heterocycles. The first-order chi connectivity index (χ1) is 11.3. The van der Waals surface area contributed by atoms with Gasteiger partial charge >= 0.3 is 0 Å². The molecule has 4 heteroatoms. The van der Waals surface area contributed by atoms with Gasteiger partial charge in [-0.1, -0.05) is 20.3 Å². The van der Waals surface area contributed by atoms with Crippen molar-refractivity contribution in [1.29, 1.82) is 0 Å². The smallest absolute Gasteiger partial charge is 0.0969 e. The summed E-state index contributed by atoms with van der Waals surface area (Å²) >= 11 is 0. The van der Waals surface area contributed by atoms with Gasteiger partial charge in [-0.3, -0.25) is 0 Å². The molecule has 4 nitrogen and oxygen atoms in total. The topological polar surface area (TPSA) is 69.9 Å². The van der Waals surface area contributed by atoms with E-state index in [1.165, 1.54) is 24.2 Å². The number of aliphatic hydroxyl groups excluding tert-OH is 2. The van der Waals surface area contributed by atoms with Gasteiger partial charge in [-0.15, -0.1) is 0 Å². The lowest BCUT2D eigenvalue weighted by Gasteiger charge is -2.62. The van der Waals surface area contributed by atoms with Crippen LogP contribution in [0, 0.1) is 28.1 Å². The van der Waals surface area contributed by atoms with Gasteiger partial charge in [0.25, 0.3) is 0 Å². The average molecular weight is 334 g/mol. The monoisotopic (exact) mass is 334 g/mol. The molecule has 134 valence electrons. The molecule has 1 heterocycles. The molecule has 5 aliphatic rings. The van der Waals surface area contributed by atoms with Crippen LogP contribution >= 0.6 is 0 Å².